The molecule has 7 heteroatoms. The van der Waals surface area contributed by atoms with E-state index in [1.54, 1.807) is 18.2 Å². The van der Waals surface area contributed by atoms with Crippen LogP contribution in [0.1, 0.15) is 17.3 Å². The average molecular weight is 383 g/mol. The fourth-order valence-corrected chi connectivity index (χ4v) is 2.82. The smallest absolute Gasteiger partial charge is 0.337 e. The zero-order chi connectivity index (χ0) is 19.2. The third-order valence-corrected chi connectivity index (χ3v) is 4.29. The van der Waals surface area contributed by atoms with Gasteiger partial charge < -0.3 is 15.0 Å². The Hall–Kier alpha value is -3.12. The van der Waals surface area contributed by atoms with E-state index in [-0.39, 0.29) is 0 Å². The third kappa shape index (κ3) is 4.35. The molecule has 0 spiro atoms. The summed E-state index contributed by atoms with van der Waals surface area (Å²) in [6.45, 7) is 2.80. The Labute approximate surface area is 162 Å². The van der Waals surface area contributed by atoms with Crippen molar-refractivity contribution in [1.29, 1.82) is 0 Å². The highest BCUT2D eigenvalue weighted by Crippen LogP contribution is 2.29. The maximum absolute atomic E-state index is 11.7. The van der Waals surface area contributed by atoms with Crippen molar-refractivity contribution in [2.45, 2.75) is 6.92 Å². The lowest BCUT2D eigenvalue weighted by molar-refractivity contribution is 0.0601. The average Bonchev–Trinajstić information content (AvgIpc) is 2.71. The van der Waals surface area contributed by atoms with Gasteiger partial charge in [0, 0.05) is 18.3 Å². The minimum absolute atomic E-state index is 0.401. The predicted molar refractivity (Wildman–Crippen MR) is 107 cm³/mol. The molecule has 3 rings (SSSR count). The highest BCUT2D eigenvalue weighted by Gasteiger charge is 2.12. The minimum Gasteiger partial charge on any atom is -0.465 e. The molecular weight excluding hydrogens is 364 g/mol. The van der Waals surface area contributed by atoms with E-state index in [2.05, 4.69) is 27.1 Å². The van der Waals surface area contributed by atoms with Crippen molar-refractivity contribution in [1.82, 2.24) is 9.97 Å². The van der Waals surface area contributed by atoms with Crippen molar-refractivity contribution in [3.8, 4) is 0 Å². The number of halogens is 1. The number of benzene rings is 2. The first kappa shape index (κ1) is 18.7. The largest absolute Gasteiger partial charge is 0.465 e. The molecule has 0 bridgehead atoms. The Morgan fingerprint density at radius 3 is 2.63 bits per heavy atom. The number of anilines is 4. The molecule has 6 nitrogen and oxygen atoms in total. The molecule has 0 atom stereocenters. The molecule has 0 saturated carbocycles. The van der Waals surface area contributed by atoms with E-state index in [4.69, 9.17) is 16.3 Å². The number of rotatable bonds is 6. The van der Waals surface area contributed by atoms with Gasteiger partial charge in [0.15, 0.2) is 0 Å². The van der Waals surface area contributed by atoms with Gasteiger partial charge in [-0.2, -0.15) is 0 Å². The summed E-state index contributed by atoms with van der Waals surface area (Å²) in [6.07, 6.45) is 1.49. The minimum atomic E-state index is -0.431. The number of aromatic nitrogens is 2. The van der Waals surface area contributed by atoms with E-state index in [0.717, 1.165) is 18.1 Å². The summed E-state index contributed by atoms with van der Waals surface area (Å²) in [7, 11) is 1.34. The van der Waals surface area contributed by atoms with Gasteiger partial charge in [-0.25, -0.2) is 14.8 Å². The molecule has 0 unspecified atom stereocenters. The maximum atomic E-state index is 11.7. The van der Waals surface area contributed by atoms with Crippen LogP contribution in [0.5, 0.6) is 0 Å². The number of nitrogens with one attached hydrogen (secondary N) is 1. The van der Waals surface area contributed by atoms with Crippen molar-refractivity contribution in [3.63, 3.8) is 0 Å². The third-order valence-electron chi connectivity index (χ3n) is 3.96. The van der Waals surface area contributed by atoms with Crippen LogP contribution in [0.25, 0.3) is 0 Å². The molecule has 0 aliphatic heterocycles. The summed E-state index contributed by atoms with van der Waals surface area (Å²) in [5.74, 6) is 0.888. The summed E-state index contributed by atoms with van der Waals surface area (Å²) < 4.78 is 4.75. The Balaban J connectivity index is 1.89. The second kappa shape index (κ2) is 8.51. The number of methoxy groups -OCH3 is 1. The first-order valence-corrected chi connectivity index (χ1v) is 8.79. The van der Waals surface area contributed by atoms with Gasteiger partial charge in [0.25, 0.3) is 0 Å². The maximum Gasteiger partial charge on any atom is 0.337 e. The highest BCUT2D eigenvalue weighted by molar-refractivity contribution is 6.33. The van der Waals surface area contributed by atoms with Crippen LogP contribution in [0.3, 0.4) is 0 Å². The number of hydrogen-bond donors (Lipinski definition) is 1. The highest BCUT2D eigenvalue weighted by atomic mass is 35.5. The topological polar surface area (TPSA) is 67.4 Å². The van der Waals surface area contributed by atoms with E-state index in [9.17, 15) is 4.79 Å². The predicted octanol–water partition coefficient (Wildman–Crippen LogP) is 4.82. The van der Waals surface area contributed by atoms with E-state index < -0.39 is 5.97 Å². The van der Waals surface area contributed by atoms with Crippen molar-refractivity contribution in [2.24, 2.45) is 0 Å². The number of ether oxygens (including phenoxy) is 1. The number of esters is 1. The van der Waals surface area contributed by atoms with Crippen LogP contribution in [-0.4, -0.2) is 29.6 Å². The fraction of sp³-hybridized carbons (Fsp3) is 0.150. The fourth-order valence-electron chi connectivity index (χ4n) is 2.65. The van der Waals surface area contributed by atoms with Crippen LogP contribution < -0.4 is 10.2 Å². The summed E-state index contributed by atoms with van der Waals surface area (Å²) in [4.78, 5) is 22.4. The molecule has 1 aromatic heterocycles. The van der Waals surface area contributed by atoms with Gasteiger partial charge in [0.05, 0.1) is 23.4 Å². The van der Waals surface area contributed by atoms with E-state index >= 15 is 0 Å². The SMILES string of the molecule is CCN(c1ccccc1)c1cc(Nc2cc(C(=O)OC)ccc2Cl)ncn1. The first-order chi connectivity index (χ1) is 13.1. The molecule has 1 N–H and O–H groups in total. The lowest BCUT2D eigenvalue weighted by atomic mass is 10.2. The van der Waals surface area contributed by atoms with Gasteiger partial charge in [-0.05, 0) is 37.3 Å². The van der Waals surface area contributed by atoms with Crippen molar-refractivity contribution >= 4 is 40.6 Å². The molecule has 2 aromatic carbocycles. The van der Waals surface area contributed by atoms with Crippen molar-refractivity contribution in [2.75, 3.05) is 23.9 Å². The molecule has 0 aliphatic rings. The lowest BCUT2D eigenvalue weighted by Gasteiger charge is -2.22. The van der Waals surface area contributed by atoms with Crippen molar-refractivity contribution < 1.29 is 9.53 Å². The molecule has 0 radical (unpaired) electrons. The Morgan fingerprint density at radius 2 is 1.93 bits per heavy atom. The number of carbonyl (C=O) groups excluding carboxylic acids is 1. The molecule has 3 aromatic rings. The molecule has 1 heterocycles. The second-order valence-electron chi connectivity index (χ2n) is 5.65. The standard InChI is InChI=1S/C20H19ClN4O2/c1-3-25(15-7-5-4-6-8-15)19-12-18(22-13-23-19)24-17-11-14(20(26)27-2)9-10-16(17)21/h4-13H,3H2,1-2H3,(H,22,23,24). The zero-order valence-corrected chi connectivity index (χ0v) is 15.8. The summed E-state index contributed by atoms with van der Waals surface area (Å²) in [6, 6.07) is 16.7. The number of carbonyl (C=O) groups is 1. The first-order valence-electron chi connectivity index (χ1n) is 8.42. The Kier molecular flexibility index (Phi) is 5.88. The van der Waals surface area contributed by atoms with Gasteiger partial charge in [-0.1, -0.05) is 29.8 Å². The molecule has 0 saturated heterocycles. The van der Waals surface area contributed by atoms with E-state index in [0.29, 0.717) is 22.1 Å². The second-order valence-corrected chi connectivity index (χ2v) is 6.06. The molecule has 0 aliphatic carbocycles. The monoisotopic (exact) mass is 382 g/mol. The van der Waals surface area contributed by atoms with Crippen LogP contribution in [0.4, 0.5) is 23.0 Å². The zero-order valence-electron chi connectivity index (χ0n) is 15.0. The van der Waals surface area contributed by atoms with Crippen LogP contribution in [0, 0.1) is 0 Å². The number of hydrogen-bond acceptors (Lipinski definition) is 6. The molecule has 0 fully saturated rings. The van der Waals surface area contributed by atoms with Crippen LogP contribution in [0.15, 0.2) is 60.9 Å². The summed E-state index contributed by atoms with van der Waals surface area (Å²) >= 11 is 6.25. The normalized spacial score (nSPS) is 10.3. The molecule has 138 valence electrons. The van der Waals surface area contributed by atoms with Crippen LogP contribution in [0.2, 0.25) is 5.02 Å². The summed E-state index contributed by atoms with van der Waals surface area (Å²) in [5, 5.41) is 3.62. The van der Waals surface area contributed by atoms with Crippen LogP contribution >= 0.6 is 11.6 Å². The molecular formula is C20H19ClN4O2. The quantitative estimate of drug-likeness (QED) is 0.616. The van der Waals surface area contributed by atoms with Gasteiger partial charge in [0.2, 0.25) is 0 Å². The molecule has 27 heavy (non-hydrogen) atoms. The van der Waals surface area contributed by atoms with Gasteiger partial charge in [-0.15, -0.1) is 0 Å². The number of nitrogens with zero attached hydrogens (tertiary/aromatic N) is 3. The lowest BCUT2D eigenvalue weighted by Crippen LogP contribution is -2.17. The number of para-hydroxylation sites is 1. The van der Waals surface area contributed by atoms with E-state index in [1.165, 1.54) is 13.4 Å². The van der Waals surface area contributed by atoms with Crippen molar-refractivity contribution in [3.05, 3.63) is 71.5 Å². The summed E-state index contributed by atoms with van der Waals surface area (Å²) in [5.41, 5.74) is 2.00. The Bertz CT molecular complexity index is 934. The van der Waals surface area contributed by atoms with Gasteiger partial charge in [0.1, 0.15) is 18.0 Å². The molecule has 0 amide bonds. The Morgan fingerprint density at radius 1 is 1.15 bits per heavy atom. The van der Waals surface area contributed by atoms with Crippen LogP contribution in [-0.2, 0) is 4.74 Å². The van der Waals surface area contributed by atoms with Gasteiger partial charge in [-0.3, -0.25) is 0 Å². The van der Waals surface area contributed by atoms with Gasteiger partial charge >= 0.3 is 5.97 Å². The van der Waals surface area contributed by atoms with E-state index in [1.807, 2.05) is 36.4 Å².